The van der Waals surface area contributed by atoms with Crippen LogP contribution in [0.15, 0.2) is 0 Å². The van der Waals surface area contributed by atoms with E-state index in [0.717, 1.165) is 6.42 Å². The van der Waals surface area contributed by atoms with Gasteiger partial charge in [-0.15, -0.1) is 0 Å². The van der Waals surface area contributed by atoms with E-state index in [4.69, 9.17) is 10.5 Å². The Morgan fingerprint density at radius 2 is 1.80 bits per heavy atom. The maximum absolute atomic E-state index is 5.80. The first-order chi connectivity index (χ1) is 4.57. The van der Waals surface area contributed by atoms with Crippen molar-refractivity contribution in [2.75, 3.05) is 7.11 Å². The van der Waals surface area contributed by atoms with E-state index in [9.17, 15) is 0 Å². The van der Waals surface area contributed by atoms with Crippen molar-refractivity contribution in [3.8, 4) is 0 Å². The van der Waals surface area contributed by atoms with E-state index in [2.05, 4.69) is 13.8 Å². The minimum atomic E-state index is 0.183. The highest BCUT2D eigenvalue weighted by molar-refractivity contribution is 4.69. The molecule has 0 saturated carbocycles. The van der Waals surface area contributed by atoms with Gasteiger partial charge < -0.3 is 10.5 Å². The molecule has 0 spiro atoms. The fraction of sp³-hybridized carbons (Fsp3) is 1.00. The lowest BCUT2D eigenvalue weighted by atomic mass is 10.0. The van der Waals surface area contributed by atoms with E-state index in [1.54, 1.807) is 7.11 Å². The van der Waals surface area contributed by atoms with Crippen LogP contribution in [0.3, 0.4) is 0 Å². The molecule has 0 rings (SSSR count). The first-order valence-corrected chi connectivity index (χ1v) is 3.86. The summed E-state index contributed by atoms with van der Waals surface area (Å²) in [7, 11) is 1.70. The van der Waals surface area contributed by atoms with Crippen LogP contribution in [0, 0.1) is 5.92 Å². The molecule has 0 bridgehead atoms. The summed E-state index contributed by atoms with van der Waals surface area (Å²) in [4.78, 5) is 0. The van der Waals surface area contributed by atoms with E-state index in [1.807, 2.05) is 6.92 Å². The van der Waals surface area contributed by atoms with Crippen molar-refractivity contribution in [3.63, 3.8) is 0 Å². The van der Waals surface area contributed by atoms with E-state index < -0.39 is 0 Å². The molecule has 0 radical (unpaired) electrons. The van der Waals surface area contributed by atoms with Gasteiger partial charge in [-0.05, 0) is 19.3 Å². The molecule has 0 amide bonds. The van der Waals surface area contributed by atoms with Gasteiger partial charge >= 0.3 is 0 Å². The third kappa shape index (κ3) is 3.85. The molecule has 0 heterocycles. The van der Waals surface area contributed by atoms with Crippen LogP contribution in [0.25, 0.3) is 0 Å². The summed E-state index contributed by atoms with van der Waals surface area (Å²) in [5.74, 6) is 0.660. The van der Waals surface area contributed by atoms with Crippen molar-refractivity contribution in [1.82, 2.24) is 0 Å². The Morgan fingerprint density at radius 3 is 2.10 bits per heavy atom. The normalized spacial score (nSPS) is 17.4. The minimum absolute atomic E-state index is 0.183. The Labute approximate surface area is 63.7 Å². The van der Waals surface area contributed by atoms with Gasteiger partial charge in [0, 0.05) is 13.2 Å². The molecule has 0 aromatic carbocycles. The summed E-state index contributed by atoms with van der Waals surface area (Å²) in [5.41, 5.74) is 5.80. The number of hydrogen-bond donors (Lipinski definition) is 1. The van der Waals surface area contributed by atoms with Gasteiger partial charge in [0.1, 0.15) is 0 Å². The average molecular weight is 145 g/mol. The molecule has 2 atom stereocenters. The summed E-state index contributed by atoms with van der Waals surface area (Å²) in [5, 5.41) is 0. The van der Waals surface area contributed by atoms with Crippen LogP contribution in [0.1, 0.15) is 27.2 Å². The SMILES string of the molecule is COC(C)C(N)CC(C)C. The molecule has 0 aromatic rings. The van der Waals surface area contributed by atoms with E-state index >= 15 is 0 Å². The second-order valence-corrected chi connectivity index (χ2v) is 3.23. The van der Waals surface area contributed by atoms with Crippen molar-refractivity contribution >= 4 is 0 Å². The number of ether oxygens (including phenoxy) is 1. The minimum Gasteiger partial charge on any atom is -0.380 e. The van der Waals surface area contributed by atoms with Gasteiger partial charge in [0.05, 0.1) is 6.10 Å². The van der Waals surface area contributed by atoms with Crippen LogP contribution >= 0.6 is 0 Å². The molecular formula is C8H19NO. The van der Waals surface area contributed by atoms with Gasteiger partial charge in [-0.3, -0.25) is 0 Å². The summed E-state index contributed by atoms with van der Waals surface area (Å²) in [6, 6.07) is 0.185. The van der Waals surface area contributed by atoms with Crippen molar-refractivity contribution in [1.29, 1.82) is 0 Å². The van der Waals surface area contributed by atoms with Crippen molar-refractivity contribution in [3.05, 3.63) is 0 Å². The third-order valence-electron chi connectivity index (χ3n) is 1.72. The maximum Gasteiger partial charge on any atom is 0.0694 e. The van der Waals surface area contributed by atoms with E-state index in [-0.39, 0.29) is 12.1 Å². The summed E-state index contributed by atoms with van der Waals surface area (Å²) in [6.07, 6.45) is 1.22. The van der Waals surface area contributed by atoms with Crippen molar-refractivity contribution in [2.24, 2.45) is 11.7 Å². The van der Waals surface area contributed by atoms with E-state index in [1.165, 1.54) is 0 Å². The number of methoxy groups -OCH3 is 1. The quantitative estimate of drug-likeness (QED) is 0.649. The molecule has 0 aliphatic rings. The van der Waals surface area contributed by atoms with Gasteiger partial charge in [-0.2, -0.15) is 0 Å². The molecule has 0 aromatic heterocycles. The van der Waals surface area contributed by atoms with Crippen LogP contribution in [0.2, 0.25) is 0 Å². The molecule has 0 aliphatic heterocycles. The van der Waals surface area contributed by atoms with Gasteiger partial charge in [0.25, 0.3) is 0 Å². The highest BCUT2D eigenvalue weighted by atomic mass is 16.5. The fourth-order valence-electron chi connectivity index (χ4n) is 0.911. The molecule has 2 unspecified atom stereocenters. The van der Waals surface area contributed by atoms with Crippen LogP contribution in [-0.2, 0) is 4.74 Å². The standard InChI is InChI=1S/C8H19NO/c1-6(2)5-8(9)7(3)10-4/h6-8H,5,9H2,1-4H3. The van der Waals surface area contributed by atoms with Crippen LogP contribution < -0.4 is 5.73 Å². The second kappa shape index (κ2) is 4.69. The zero-order chi connectivity index (χ0) is 8.15. The molecule has 10 heavy (non-hydrogen) atoms. The number of nitrogens with two attached hydrogens (primary N) is 1. The number of hydrogen-bond acceptors (Lipinski definition) is 2. The molecule has 0 aliphatic carbocycles. The summed E-state index contributed by atoms with van der Waals surface area (Å²) >= 11 is 0. The molecule has 2 N–H and O–H groups in total. The Hall–Kier alpha value is -0.0800. The lowest BCUT2D eigenvalue weighted by molar-refractivity contribution is 0.0889. The molecule has 2 nitrogen and oxygen atoms in total. The Morgan fingerprint density at radius 1 is 1.30 bits per heavy atom. The predicted octanol–water partition coefficient (Wildman–Crippen LogP) is 1.39. The van der Waals surface area contributed by atoms with Crippen LogP contribution in [0.4, 0.5) is 0 Å². The zero-order valence-corrected chi connectivity index (χ0v) is 7.42. The Kier molecular flexibility index (Phi) is 4.65. The van der Waals surface area contributed by atoms with Gasteiger partial charge in [0.2, 0.25) is 0 Å². The monoisotopic (exact) mass is 145 g/mol. The first kappa shape index (κ1) is 9.92. The highest BCUT2D eigenvalue weighted by Gasteiger charge is 2.12. The lowest BCUT2D eigenvalue weighted by Gasteiger charge is -2.19. The first-order valence-electron chi connectivity index (χ1n) is 3.86. The van der Waals surface area contributed by atoms with Gasteiger partial charge in [0.15, 0.2) is 0 Å². The topological polar surface area (TPSA) is 35.2 Å². The Bertz CT molecular complexity index is 83.3. The van der Waals surface area contributed by atoms with E-state index in [0.29, 0.717) is 5.92 Å². The second-order valence-electron chi connectivity index (χ2n) is 3.23. The molecule has 2 heteroatoms. The van der Waals surface area contributed by atoms with Crippen LogP contribution in [-0.4, -0.2) is 19.3 Å². The smallest absolute Gasteiger partial charge is 0.0694 e. The predicted molar refractivity (Wildman–Crippen MR) is 43.9 cm³/mol. The van der Waals surface area contributed by atoms with Crippen LogP contribution in [0.5, 0.6) is 0 Å². The Balaban J connectivity index is 3.50. The largest absolute Gasteiger partial charge is 0.380 e. The maximum atomic E-state index is 5.80. The molecule has 62 valence electrons. The molecular weight excluding hydrogens is 126 g/mol. The third-order valence-corrected chi connectivity index (χ3v) is 1.72. The zero-order valence-electron chi connectivity index (χ0n) is 7.42. The van der Waals surface area contributed by atoms with Crippen molar-refractivity contribution < 1.29 is 4.74 Å². The fourth-order valence-corrected chi connectivity index (χ4v) is 0.911. The average Bonchev–Trinajstić information content (AvgIpc) is 1.85. The van der Waals surface area contributed by atoms with Gasteiger partial charge in [-0.1, -0.05) is 13.8 Å². The number of rotatable bonds is 4. The molecule has 0 saturated heterocycles. The summed E-state index contributed by atoms with van der Waals surface area (Å²) < 4.78 is 5.09. The lowest BCUT2D eigenvalue weighted by Crippen LogP contribution is -2.34. The summed E-state index contributed by atoms with van der Waals surface area (Å²) in [6.45, 7) is 6.34. The molecule has 0 fully saturated rings. The van der Waals surface area contributed by atoms with Crippen molar-refractivity contribution in [2.45, 2.75) is 39.3 Å². The highest BCUT2D eigenvalue weighted by Crippen LogP contribution is 2.07. The van der Waals surface area contributed by atoms with Gasteiger partial charge in [-0.25, -0.2) is 0 Å².